The van der Waals surface area contributed by atoms with Gasteiger partial charge in [0.2, 0.25) is 5.91 Å². The number of nitrogens with one attached hydrogen (secondary N) is 1. The van der Waals surface area contributed by atoms with Gasteiger partial charge in [0.1, 0.15) is 0 Å². The van der Waals surface area contributed by atoms with Crippen LogP contribution < -0.4 is 5.32 Å². The summed E-state index contributed by atoms with van der Waals surface area (Å²) in [6.07, 6.45) is 4.78. The second kappa shape index (κ2) is 5.90. The predicted molar refractivity (Wildman–Crippen MR) is 69.7 cm³/mol. The van der Waals surface area contributed by atoms with Crippen molar-refractivity contribution in [3.63, 3.8) is 0 Å². The van der Waals surface area contributed by atoms with Crippen LogP contribution in [-0.2, 0) is 14.3 Å². The summed E-state index contributed by atoms with van der Waals surface area (Å²) in [4.78, 5) is 23.6. The van der Waals surface area contributed by atoms with E-state index in [9.17, 15) is 14.7 Å². The van der Waals surface area contributed by atoms with E-state index in [4.69, 9.17) is 4.74 Å². The van der Waals surface area contributed by atoms with Crippen molar-refractivity contribution in [1.82, 2.24) is 5.32 Å². The number of hydrogen-bond donors (Lipinski definition) is 2. The highest BCUT2D eigenvalue weighted by atomic mass is 16.5. The Morgan fingerprint density at radius 3 is 2.53 bits per heavy atom. The van der Waals surface area contributed by atoms with Crippen molar-refractivity contribution >= 4 is 11.9 Å². The number of aliphatic carboxylic acids is 1. The smallest absolute Gasteiger partial charge is 0.308 e. The molecule has 2 unspecified atom stereocenters. The maximum Gasteiger partial charge on any atom is 0.308 e. The Morgan fingerprint density at radius 2 is 1.89 bits per heavy atom. The Bertz CT molecular complexity index is 351. The fourth-order valence-electron chi connectivity index (χ4n) is 3.22. The van der Waals surface area contributed by atoms with Gasteiger partial charge in [0.05, 0.1) is 11.5 Å². The van der Waals surface area contributed by atoms with Gasteiger partial charge in [-0.25, -0.2) is 0 Å². The van der Waals surface area contributed by atoms with Gasteiger partial charge in [-0.2, -0.15) is 0 Å². The second-order valence-electron chi connectivity index (χ2n) is 5.93. The van der Waals surface area contributed by atoms with Gasteiger partial charge >= 0.3 is 5.97 Å². The minimum atomic E-state index is -0.797. The lowest BCUT2D eigenvalue weighted by Gasteiger charge is -2.41. The first-order chi connectivity index (χ1) is 9.03. The van der Waals surface area contributed by atoms with Crippen LogP contribution in [0.5, 0.6) is 0 Å². The van der Waals surface area contributed by atoms with Gasteiger partial charge in [0.15, 0.2) is 0 Å². The summed E-state index contributed by atoms with van der Waals surface area (Å²) in [7, 11) is 0. The maximum absolute atomic E-state index is 12.3. The molecular formula is C14H23NO4. The van der Waals surface area contributed by atoms with E-state index in [1.807, 2.05) is 6.92 Å². The van der Waals surface area contributed by atoms with E-state index in [1.54, 1.807) is 0 Å². The van der Waals surface area contributed by atoms with E-state index in [0.717, 1.165) is 32.1 Å². The molecule has 0 bridgehead atoms. The summed E-state index contributed by atoms with van der Waals surface area (Å²) in [6, 6.07) is 0. The van der Waals surface area contributed by atoms with Crippen molar-refractivity contribution in [2.24, 2.45) is 11.8 Å². The fourth-order valence-corrected chi connectivity index (χ4v) is 3.22. The third-order valence-corrected chi connectivity index (χ3v) is 4.51. The molecule has 1 saturated carbocycles. The largest absolute Gasteiger partial charge is 0.481 e. The molecule has 5 heteroatoms. The van der Waals surface area contributed by atoms with Crippen LogP contribution in [0, 0.1) is 11.8 Å². The molecule has 2 N–H and O–H groups in total. The molecular weight excluding hydrogens is 246 g/mol. The Labute approximate surface area is 113 Å². The van der Waals surface area contributed by atoms with Gasteiger partial charge in [0, 0.05) is 19.1 Å². The van der Waals surface area contributed by atoms with Crippen LogP contribution in [0.4, 0.5) is 0 Å². The van der Waals surface area contributed by atoms with E-state index >= 15 is 0 Å². The van der Waals surface area contributed by atoms with Crippen LogP contribution >= 0.6 is 0 Å². The molecule has 1 aliphatic heterocycles. The molecule has 2 rings (SSSR count). The number of rotatable bonds is 3. The summed E-state index contributed by atoms with van der Waals surface area (Å²) >= 11 is 0. The van der Waals surface area contributed by atoms with Crippen LogP contribution in [0.15, 0.2) is 0 Å². The molecule has 0 aromatic carbocycles. The van der Waals surface area contributed by atoms with Gasteiger partial charge < -0.3 is 15.2 Å². The molecule has 1 aliphatic carbocycles. The third-order valence-electron chi connectivity index (χ3n) is 4.51. The number of carboxylic acid groups (broad SMARTS) is 1. The molecule has 2 aliphatic rings. The van der Waals surface area contributed by atoms with Gasteiger partial charge in [-0.05, 0) is 32.6 Å². The van der Waals surface area contributed by atoms with E-state index in [0.29, 0.717) is 19.6 Å². The van der Waals surface area contributed by atoms with Crippen LogP contribution in [0.2, 0.25) is 0 Å². The van der Waals surface area contributed by atoms with Crippen LogP contribution in [0.1, 0.15) is 45.4 Å². The van der Waals surface area contributed by atoms with Crippen LogP contribution in [-0.4, -0.2) is 35.7 Å². The highest BCUT2D eigenvalue weighted by Gasteiger charge is 2.43. The molecule has 19 heavy (non-hydrogen) atoms. The molecule has 1 saturated heterocycles. The summed E-state index contributed by atoms with van der Waals surface area (Å²) in [5.41, 5.74) is -0.598. The average molecular weight is 269 g/mol. The first-order valence-corrected chi connectivity index (χ1v) is 7.15. The van der Waals surface area contributed by atoms with Crippen LogP contribution in [0.3, 0.4) is 0 Å². The number of carbonyl (C=O) groups is 2. The van der Waals surface area contributed by atoms with Gasteiger partial charge in [-0.3, -0.25) is 9.59 Å². The molecule has 2 atom stereocenters. The zero-order valence-electron chi connectivity index (χ0n) is 11.5. The molecule has 1 heterocycles. The summed E-state index contributed by atoms with van der Waals surface area (Å²) in [6.45, 7) is 3.12. The SMILES string of the molecule is CC1(NC(=O)C2CCOCC2)CCCCC1C(=O)O. The first-order valence-electron chi connectivity index (χ1n) is 7.15. The highest BCUT2D eigenvalue weighted by Crippen LogP contribution is 2.34. The van der Waals surface area contributed by atoms with Crippen LogP contribution in [0.25, 0.3) is 0 Å². The molecule has 5 nitrogen and oxygen atoms in total. The predicted octanol–water partition coefficient (Wildman–Crippen LogP) is 1.56. The summed E-state index contributed by atoms with van der Waals surface area (Å²) in [5.74, 6) is -1.29. The average Bonchev–Trinajstić information content (AvgIpc) is 2.39. The normalized spacial score (nSPS) is 32.8. The van der Waals surface area contributed by atoms with E-state index in [-0.39, 0.29) is 11.8 Å². The minimum absolute atomic E-state index is 0.000972. The van der Waals surface area contributed by atoms with Crippen molar-refractivity contribution in [3.8, 4) is 0 Å². The quantitative estimate of drug-likeness (QED) is 0.815. The van der Waals surface area contributed by atoms with Crippen molar-refractivity contribution in [2.75, 3.05) is 13.2 Å². The lowest BCUT2D eigenvalue weighted by molar-refractivity contribution is -0.147. The highest BCUT2D eigenvalue weighted by molar-refractivity contribution is 5.81. The molecule has 0 radical (unpaired) electrons. The molecule has 0 spiro atoms. The van der Waals surface area contributed by atoms with Gasteiger partial charge in [-0.15, -0.1) is 0 Å². The zero-order chi connectivity index (χ0) is 13.9. The van der Waals surface area contributed by atoms with E-state index < -0.39 is 17.4 Å². The molecule has 108 valence electrons. The number of ether oxygens (including phenoxy) is 1. The maximum atomic E-state index is 12.3. The monoisotopic (exact) mass is 269 g/mol. The Kier molecular flexibility index (Phi) is 4.45. The summed E-state index contributed by atoms with van der Waals surface area (Å²) < 4.78 is 5.25. The minimum Gasteiger partial charge on any atom is -0.481 e. The lowest BCUT2D eigenvalue weighted by atomic mass is 9.73. The van der Waals surface area contributed by atoms with Crippen molar-refractivity contribution in [1.29, 1.82) is 0 Å². The first kappa shape index (κ1) is 14.3. The number of carbonyl (C=O) groups excluding carboxylic acids is 1. The van der Waals surface area contributed by atoms with Gasteiger partial charge in [0.25, 0.3) is 0 Å². The Morgan fingerprint density at radius 1 is 1.21 bits per heavy atom. The van der Waals surface area contributed by atoms with Gasteiger partial charge in [-0.1, -0.05) is 12.8 Å². The summed E-state index contributed by atoms with van der Waals surface area (Å²) in [5, 5.41) is 12.3. The fraction of sp³-hybridized carbons (Fsp3) is 0.857. The standard InChI is InChI=1S/C14H23NO4/c1-14(7-3-2-4-11(14)13(17)18)15-12(16)10-5-8-19-9-6-10/h10-11H,2-9H2,1H3,(H,15,16)(H,17,18). The topological polar surface area (TPSA) is 75.6 Å². The van der Waals surface area contributed by atoms with Crippen molar-refractivity contribution < 1.29 is 19.4 Å². The van der Waals surface area contributed by atoms with Crippen molar-refractivity contribution in [2.45, 2.75) is 51.0 Å². The molecule has 2 fully saturated rings. The second-order valence-corrected chi connectivity index (χ2v) is 5.93. The molecule has 0 aromatic rings. The number of hydrogen-bond acceptors (Lipinski definition) is 3. The lowest BCUT2D eigenvalue weighted by Crippen LogP contribution is -2.57. The molecule has 1 amide bonds. The molecule has 0 aromatic heterocycles. The van der Waals surface area contributed by atoms with E-state index in [1.165, 1.54) is 0 Å². The number of carboxylic acids is 1. The third kappa shape index (κ3) is 3.26. The van der Waals surface area contributed by atoms with Crippen molar-refractivity contribution in [3.05, 3.63) is 0 Å². The van der Waals surface area contributed by atoms with E-state index in [2.05, 4.69) is 5.32 Å². The zero-order valence-corrected chi connectivity index (χ0v) is 11.5. The number of amides is 1. The Balaban J connectivity index is 2.01. The Hall–Kier alpha value is -1.10.